The van der Waals surface area contributed by atoms with Gasteiger partial charge in [-0.3, -0.25) is 9.29 Å². The van der Waals surface area contributed by atoms with Gasteiger partial charge in [0.2, 0.25) is 0 Å². The maximum Gasteiger partial charge on any atom is 0.410 e. The van der Waals surface area contributed by atoms with Crippen LogP contribution in [-0.2, 0) is 4.74 Å². The smallest absolute Gasteiger partial charge is 0.410 e. The summed E-state index contributed by atoms with van der Waals surface area (Å²) in [6.07, 6.45) is 1.31. The van der Waals surface area contributed by atoms with Crippen molar-refractivity contribution in [2.45, 2.75) is 39.4 Å². The average molecular weight is 537 g/mol. The zero-order valence-electron chi connectivity index (χ0n) is 23.1. The van der Waals surface area contributed by atoms with Crippen LogP contribution in [0.3, 0.4) is 0 Å². The van der Waals surface area contributed by atoms with Gasteiger partial charge < -0.3 is 24.2 Å². The SMILES string of the molecule is CC1=C(C2=CCN(C(=O)OC(C)(C)C)C2)C(c2ccc(OCCN3CC(CF)C3)cc2)Oc2ccc(O)cc21. The van der Waals surface area contributed by atoms with E-state index in [1.54, 1.807) is 23.1 Å². The van der Waals surface area contributed by atoms with Crippen molar-refractivity contribution in [2.24, 2.45) is 5.92 Å². The molecule has 1 saturated heterocycles. The van der Waals surface area contributed by atoms with Crippen molar-refractivity contribution in [3.8, 4) is 17.2 Å². The molecule has 3 aliphatic heterocycles. The number of alkyl halides is 1. The Kier molecular flexibility index (Phi) is 7.58. The van der Waals surface area contributed by atoms with Gasteiger partial charge in [-0.25, -0.2) is 4.79 Å². The van der Waals surface area contributed by atoms with Gasteiger partial charge in [-0.15, -0.1) is 0 Å². The minimum absolute atomic E-state index is 0.172. The molecule has 1 atom stereocenters. The number of allylic oxidation sites excluding steroid dienone is 1. The first-order chi connectivity index (χ1) is 18.6. The number of likely N-dealkylation sites (tertiary alicyclic amines) is 1. The summed E-state index contributed by atoms with van der Waals surface area (Å²) in [4.78, 5) is 16.6. The third-order valence-corrected chi connectivity index (χ3v) is 7.31. The first-order valence-electron chi connectivity index (χ1n) is 13.5. The molecular weight excluding hydrogens is 499 g/mol. The van der Waals surface area contributed by atoms with Crippen LogP contribution < -0.4 is 9.47 Å². The molecule has 0 spiro atoms. The molecule has 0 bridgehead atoms. The summed E-state index contributed by atoms with van der Waals surface area (Å²) in [5.41, 5.74) is 4.19. The molecule has 39 heavy (non-hydrogen) atoms. The van der Waals surface area contributed by atoms with Crippen molar-refractivity contribution in [2.75, 3.05) is 46.0 Å². The van der Waals surface area contributed by atoms with Crippen LogP contribution in [0.15, 0.2) is 59.7 Å². The molecule has 0 saturated carbocycles. The number of amides is 1. The topological polar surface area (TPSA) is 71.5 Å². The Morgan fingerprint density at radius 3 is 2.59 bits per heavy atom. The van der Waals surface area contributed by atoms with Crippen LogP contribution in [0.25, 0.3) is 5.57 Å². The molecule has 0 aliphatic carbocycles. The van der Waals surface area contributed by atoms with Crippen LogP contribution in [0.5, 0.6) is 17.2 Å². The second-order valence-electron chi connectivity index (χ2n) is 11.5. The van der Waals surface area contributed by atoms with Crippen LogP contribution in [0, 0.1) is 5.92 Å². The Labute approximate surface area is 229 Å². The van der Waals surface area contributed by atoms with Gasteiger partial charge in [0.15, 0.2) is 0 Å². The van der Waals surface area contributed by atoms with Gasteiger partial charge in [0.1, 0.15) is 35.6 Å². The van der Waals surface area contributed by atoms with Gasteiger partial charge in [0.25, 0.3) is 0 Å². The average Bonchev–Trinajstić information content (AvgIpc) is 3.35. The molecule has 2 aromatic rings. The van der Waals surface area contributed by atoms with Crippen molar-refractivity contribution in [1.82, 2.24) is 9.80 Å². The molecule has 5 rings (SSSR count). The summed E-state index contributed by atoms with van der Waals surface area (Å²) in [6, 6.07) is 13.0. The number of hydrogen-bond donors (Lipinski definition) is 1. The van der Waals surface area contributed by atoms with E-state index in [1.807, 2.05) is 58.0 Å². The molecule has 8 heteroatoms. The fourth-order valence-electron chi connectivity index (χ4n) is 5.29. The Morgan fingerprint density at radius 1 is 1.15 bits per heavy atom. The monoisotopic (exact) mass is 536 g/mol. The van der Waals surface area contributed by atoms with E-state index in [0.717, 1.165) is 53.2 Å². The number of fused-ring (bicyclic) bond motifs is 1. The summed E-state index contributed by atoms with van der Waals surface area (Å²) in [7, 11) is 0. The van der Waals surface area contributed by atoms with Crippen LogP contribution in [0.1, 0.15) is 44.9 Å². The molecule has 3 aliphatic rings. The number of halogens is 1. The third-order valence-electron chi connectivity index (χ3n) is 7.31. The number of ether oxygens (including phenoxy) is 3. The third kappa shape index (κ3) is 6.06. The molecule has 7 nitrogen and oxygen atoms in total. The lowest BCUT2D eigenvalue weighted by atomic mass is 9.86. The standard InChI is InChI=1S/C31H37FN2O5/c1-20-26-15-24(35)7-10-27(26)38-29(28(20)23-11-12-34(19-23)30(36)39-31(2,3)4)22-5-8-25(9-6-22)37-14-13-33-17-21(16-32)18-33/h5-11,15,21,29,35H,12-14,16-19H2,1-4H3. The lowest BCUT2D eigenvalue weighted by molar-refractivity contribution is 0.0301. The first kappa shape index (κ1) is 27.1. The normalized spacial score (nSPS) is 19.8. The van der Waals surface area contributed by atoms with Crippen LogP contribution in [0.4, 0.5) is 9.18 Å². The second-order valence-corrected chi connectivity index (χ2v) is 11.5. The number of rotatable bonds is 7. The van der Waals surface area contributed by atoms with E-state index >= 15 is 0 Å². The summed E-state index contributed by atoms with van der Waals surface area (Å²) >= 11 is 0. The minimum Gasteiger partial charge on any atom is -0.508 e. The Hall–Kier alpha value is -3.52. The predicted molar refractivity (Wildman–Crippen MR) is 148 cm³/mol. The molecule has 0 aromatic heterocycles. The number of phenols is 1. The van der Waals surface area contributed by atoms with Gasteiger partial charge in [-0.1, -0.05) is 18.2 Å². The molecule has 1 N–H and O–H groups in total. The predicted octanol–water partition coefficient (Wildman–Crippen LogP) is 5.76. The molecule has 3 heterocycles. The summed E-state index contributed by atoms with van der Waals surface area (Å²) in [5, 5.41) is 10.1. The molecule has 1 fully saturated rings. The van der Waals surface area contributed by atoms with Gasteiger partial charge >= 0.3 is 6.09 Å². The van der Waals surface area contributed by atoms with E-state index in [0.29, 0.717) is 25.4 Å². The van der Waals surface area contributed by atoms with E-state index in [1.165, 1.54) is 0 Å². The number of nitrogens with zero attached hydrogens (tertiary/aromatic N) is 2. The van der Waals surface area contributed by atoms with Crippen LogP contribution in [-0.4, -0.2) is 72.6 Å². The fraction of sp³-hybridized carbons (Fsp3) is 0.452. The van der Waals surface area contributed by atoms with E-state index in [4.69, 9.17) is 14.2 Å². The Balaban J connectivity index is 1.34. The number of hydrogen-bond acceptors (Lipinski definition) is 6. The van der Waals surface area contributed by atoms with Gasteiger partial charge in [0.05, 0.1) is 6.67 Å². The molecular formula is C31H37FN2O5. The number of aromatic hydroxyl groups is 1. The summed E-state index contributed by atoms with van der Waals surface area (Å²) in [6.45, 7) is 11.1. The summed E-state index contributed by atoms with van der Waals surface area (Å²) < 4.78 is 30.7. The van der Waals surface area contributed by atoms with Crippen molar-refractivity contribution in [3.63, 3.8) is 0 Å². The molecule has 1 amide bonds. The highest BCUT2D eigenvalue weighted by atomic mass is 19.1. The molecule has 208 valence electrons. The quantitative estimate of drug-likeness (QED) is 0.486. The van der Waals surface area contributed by atoms with E-state index < -0.39 is 5.60 Å². The number of carbonyl (C=O) groups excluding carboxylic acids is 1. The lowest BCUT2D eigenvalue weighted by Crippen LogP contribution is -2.49. The minimum atomic E-state index is -0.572. The zero-order valence-corrected chi connectivity index (χ0v) is 23.1. The van der Waals surface area contributed by atoms with E-state index in [-0.39, 0.29) is 30.5 Å². The second kappa shape index (κ2) is 10.9. The fourth-order valence-corrected chi connectivity index (χ4v) is 5.29. The van der Waals surface area contributed by atoms with Gasteiger partial charge in [-0.2, -0.15) is 0 Å². The highest BCUT2D eigenvalue weighted by Gasteiger charge is 2.34. The summed E-state index contributed by atoms with van der Waals surface area (Å²) in [5.74, 6) is 1.81. The molecule has 2 aromatic carbocycles. The van der Waals surface area contributed by atoms with Crippen molar-refractivity contribution in [3.05, 3.63) is 70.8 Å². The number of benzene rings is 2. The van der Waals surface area contributed by atoms with Crippen LogP contribution >= 0.6 is 0 Å². The zero-order chi connectivity index (χ0) is 27.7. The first-order valence-corrected chi connectivity index (χ1v) is 13.5. The molecule has 1 unspecified atom stereocenters. The van der Waals surface area contributed by atoms with Crippen molar-refractivity contribution < 1.29 is 28.5 Å². The van der Waals surface area contributed by atoms with Gasteiger partial charge in [-0.05, 0) is 74.7 Å². The molecule has 0 radical (unpaired) electrons. The Bertz CT molecular complexity index is 1270. The highest BCUT2D eigenvalue weighted by molar-refractivity contribution is 5.80. The van der Waals surface area contributed by atoms with Crippen LogP contribution in [0.2, 0.25) is 0 Å². The van der Waals surface area contributed by atoms with E-state index in [2.05, 4.69) is 4.90 Å². The van der Waals surface area contributed by atoms with E-state index in [9.17, 15) is 14.3 Å². The van der Waals surface area contributed by atoms with Crippen molar-refractivity contribution in [1.29, 1.82) is 0 Å². The van der Waals surface area contributed by atoms with Crippen molar-refractivity contribution >= 4 is 11.7 Å². The number of carbonyl (C=O) groups is 1. The maximum absolute atomic E-state index is 12.7. The van der Waals surface area contributed by atoms with Gasteiger partial charge in [0, 0.05) is 49.8 Å². The number of phenolic OH excluding ortho intramolecular Hbond substituents is 1. The Morgan fingerprint density at radius 2 is 1.90 bits per heavy atom. The lowest BCUT2D eigenvalue weighted by Gasteiger charge is -2.37. The highest BCUT2D eigenvalue weighted by Crippen LogP contribution is 2.46. The largest absolute Gasteiger partial charge is 0.508 e. The maximum atomic E-state index is 12.7.